The zero-order valence-electron chi connectivity index (χ0n) is 10.1. The molecule has 1 heterocycles. The van der Waals surface area contributed by atoms with Crippen molar-refractivity contribution in [3.63, 3.8) is 0 Å². The van der Waals surface area contributed by atoms with E-state index < -0.39 is 23.4 Å². The lowest BCUT2D eigenvalue weighted by molar-refractivity contribution is -0.133. The lowest BCUT2D eigenvalue weighted by atomic mass is 10.1. The van der Waals surface area contributed by atoms with E-state index in [1.165, 1.54) is 9.80 Å². The smallest absolute Gasteiger partial charge is 0.254 e. The molecule has 0 atom stereocenters. The summed E-state index contributed by atoms with van der Waals surface area (Å²) in [6, 6.07) is 1.26. The van der Waals surface area contributed by atoms with Crippen LogP contribution in [0.1, 0.15) is 10.4 Å². The Morgan fingerprint density at radius 2 is 1.74 bits per heavy atom. The third-order valence-corrected chi connectivity index (χ3v) is 2.98. The molecular formula is C12H11F3N2O2. The summed E-state index contributed by atoms with van der Waals surface area (Å²) in [4.78, 5) is 26.0. The molecule has 0 spiro atoms. The maximum atomic E-state index is 13.0. The number of amides is 2. The zero-order valence-corrected chi connectivity index (χ0v) is 10.1. The third kappa shape index (κ3) is 2.54. The van der Waals surface area contributed by atoms with Crippen molar-refractivity contribution in [2.24, 2.45) is 0 Å². The highest BCUT2D eigenvalue weighted by atomic mass is 19.2. The zero-order chi connectivity index (χ0) is 14.2. The van der Waals surface area contributed by atoms with Gasteiger partial charge >= 0.3 is 0 Å². The van der Waals surface area contributed by atoms with Gasteiger partial charge in [-0.1, -0.05) is 0 Å². The van der Waals surface area contributed by atoms with Gasteiger partial charge < -0.3 is 9.80 Å². The molecule has 0 saturated carbocycles. The van der Waals surface area contributed by atoms with Crippen LogP contribution in [0.2, 0.25) is 0 Å². The summed E-state index contributed by atoms with van der Waals surface area (Å²) in [6.45, 7) is 0.453. The highest BCUT2D eigenvalue weighted by Gasteiger charge is 2.26. The van der Waals surface area contributed by atoms with Gasteiger partial charge in [0.25, 0.3) is 5.91 Å². The molecule has 1 aromatic rings. The van der Waals surface area contributed by atoms with E-state index in [1.54, 1.807) is 7.05 Å². The second kappa shape index (κ2) is 4.91. The monoisotopic (exact) mass is 272 g/mol. The van der Waals surface area contributed by atoms with Crippen molar-refractivity contribution in [2.75, 3.05) is 26.7 Å². The minimum atomic E-state index is -1.62. The first-order chi connectivity index (χ1) is 8.90. The molecule has 1 aliphatic heterocycles. The van der Waals surface area contributed by atoms with Crippen LogP contribution >= 0.6 is 0 Å². The molecule has 0 N–H and O–H groups in total. The standard InChI is InChI=1S/C12H11F3N2O2/c1-16-2-3-17(6-10(16)18)12(19)7-4-8(13)11(15)9(14)5-7/h4-5H,2-3,6H2,1H3. The van der Waals surface area contributed by atoms with Crippen molar-refractivity contribution in [2.45, 2.75) is 0 Å². The molecule has 7 heteroatoms. The van der Waals surface area contributed by atoms with Gasteiger partial charge in [0.05, 0.1) is 0 Å². The minimum Gasteiger partial charge on any atom is -0.342 e. The topological polar surface area (TPSA) is 40.6 Å². The lowest BCUT2D eigenvalue weighted by Crippen LogP contribution is -2.50. The number of hydrogen-bond donors (Lipinski definition) is 0. The molecule has 102 valence electrons. The second-order valence-electron chi connectivity index (χ2n) is 4.30. The van der Waals surface area contributed by atoms with Crippen LogP contribution in [-0.2, 0) is 4.79 Å². The van der Waals surface area contributed by atoms with Crippen LogP contribution in [-0.4, -0.2) is 48.3 Å². The van der Waals surface area contributed by atoms with Gasteiger partial charge in [-0.2, -0.15) is 0 Å². The van der Waals surface area contributed by atoms with Crippen LogP contribution in [0.25, 0.3) is 0 Å². The summed E-state index contributed by atoms with van der Waals surface area (Å²) in [6.07, 6.45) is 0. The van der Waals surface area contributed by atoms with Gasteiger partial charge in [0, 0.05) is 25.7 Å². The molecule has 2 rings (SSSR count). The van der Waals surface area contributed by atoms with Gasteiger partial charge in [-0.15, -0.1) is 0 Å². The van der Waals surface area contributed by atoms with Crippen molar-refractivity contribution in [1.29, 1.82) is 0 Å². The molecule has 19 heavy (non-hydrogen) atoms. The molecule has 4 nitrogen and oxygen atoms in total. The molecule has 1 fully saturated rings. The van der Waals surface area contributed by atoms with E-state index in [0.717, 1.165) is 0 Å². The quantitative estimate of drug-likeness (QED) is 0.716. The molecule has 0 bridgehead atoms. The fourth-order valence-corrected chi connectivity index (χ4v) is 1.79. The Balaban J connectivity index is 2.23. The van der Waals surface area contributed by atoms with Gasteiger partial charge in [0.1, 0.15) is 6.54 Å². The van der Waals surface area contributed by atoms with E-state index in [2.05, 4.69) is 0 Å². The number of likely N-dealkylation sites (N-methyl/N-ethyl adjacent to an activating group) is 1. The number of piperazine rings is 1. The predicted molar refractivity (Wildman–Crippen MR) is 59.9 cm³/mol. The molecule has 2 amide bonds. The number of halogens is 3. The summed E-state index contributed by atoms with van der Waals surface area (Å²) >= 11 is 0. The van der Waals surface area contributed by atoms with Crippen molar-refractivity contribution >= 4 is 11.8 Å². The Bertz CT molecular complexity index is 525. The van der Waals surface area contributed by atoms with E-state index >= 15 is 0 Å². The SMILES string of the molecule is CN1CCN(C(=O)c2cc(F)c(F)c(F)c2)CC1=O. The summed E-state index contributed by atoms with van der Waals surface area (Å²) in [7, 11) is 1.60. The first kappa shape index (κ1) is 13.4. The second-order valence-corrected chi connectivity index (χ2v) is 4.30. The van der Waals surface area contributed by atoms with Crippen LogP contribution < -0.4 is 0 Å². The summed E-state index contributed by atoms with van der Waals surface area (Å²) in [5.41, 5.74) is -0.311. The molecule has 1 aliphatic rings. The number of nitrogens with zero attached hydrogens (tertiary/aromatic N) is 2. The van der Waals surface area contributed by atoms with Crippen molar-refractivity contribution in [3.8, 4) is 0 Å². The van der Waals surface area contributed by atoms with E-state index in [0.29, 0.717) is 18.7 Å². The van der Waals surface area contributed by atoms with Crippen LogP contribution in [0.4, 0.5) is 13.2 Å². The molecule has 0 aromatic heterocycles. The number of hydrogen-bond acceptors (Lipinski definition) is 2. The Morgan fingerprint density at radius 3 is 2.26 bits per heavy atom. The Kier molecular flexibility index (Phi) is 3.46. The van der Waals surface area contributed by atoms with Crippen LogP contribution in [0.15, 0.2) is 12.1 Å². The highest BCUT2D eigenvalue weighted by Crippen LogP contribution is 2.16. The predicted octanol–water partition coefficient (Wildman–Crippen LogP) is 1.02. The normalized spacial score (nSPS) is 15.9. The van der Waals surface area contributed by atoms with E-state index in [9.17, 15) is 22.8 Å². The fraction of sp³-hybridized carbons (Fsp3) is 0.333. The van der Waals surface area contributed by atoms with Crippen LogP contribution in [0.5, 0.6) is 0 Å². The van der Waals surface area contributed by atoms with Gasteiger partial charge in [-0.25, -0.2) is 13.2 Å². The highest BCUT2D eigenvalue weighted by molar-refractivity contribution is 5.97. The first-order valence-electron chi connectivity index (χ1n) is 5.58. The number of rotatable bonds is 1. The molecule has 0 unspecified atom stereocenters. The van der Waals surface area contributed by atoms with Gasteiger partial charge in [-0.3, -0.25) is 9.59 Å². The molecule has 0 aliphatic carbocycles. The van der Waals surface area contributed by atoms with Gasteiger partial charge in [0.15, 0.2) is 17.5 Å². The van der Waals surface area contributed by atoms with Crippen molar-refractivity contribution < 1.29 is 22.8 Å². The van der Waals surface area contributed by atoms with Gasteiger partial charge in [-0.05, 0) is 12.1 Å². The van der Waals surface area contributed by atoms with Crippen molar-refractivity contribution in [3.05, 3.63) is 35.1 Å². The van der Waals surface area contributed by atoms with Gasteiger partial charge in [0.2, 0.25) is 5.91 Å². The summed E-state index contributed by atoms with van der Waals surface area (Å²) < 4.78 is 38.9. The maximum absolute atomic E-state index is 13.0. The average Bonchev–Trinajstić information content (AvgIpc) is 2.37. The first-order valence-corrected chi connectivity index (χ1v) is 5.58. The fourth-order valence-electron chi connectivity index (χ4n) is 1.79. The Morgan fingerprint density at radius 1 is 1.16 bits per heavy atom. The number of carbonyl (C=O) groups is 2. The number of benzene rings is 1. The number of carbonyl (C=O) groups excluding carboxylic acids is 2. The van der Waals surface area contributed by atoms with E-state index in [4.69, 9.17) is 0 Å². The third-order valence-electron chi connectivity index (χ3n) is 2.98. The average molecular weight is 272 g/mol. The van der Waals surface area contributed by atoms with Crippen molar-refractivity contribution in [1.82, 2.24) is 9.80 Å². The van der Waals surface area contributed by atoms with E-state index in [-0.39, 0.29) is 24.6 Å². The minimum absolute atomic E-state index is 0.157. The molecule has 1 aromatic carbocycles. The molecular weight excluding hydrogens is 261 g/mol. The summed E-state index contributed by atoms with van der Waals surface area (Å²) in [5, 5.41) is 0. The molecule has 1 saturated heterocycles. The molecule has 0 radical (unpaired) electrons. The largest absolute Gasteiger partial charge is 0.342 e. The summed E-state index contributed by atoms with van der Waals surface area (Å²) in [5.74, 6) is -5.43. The Hall–Kier alpha value is -2.05. The lowest BCUT2D eigenvalue weighted by Gasteiger charge is -2.32. The maximum Gasteiger partial charge on any atom is 0.254 e. The Labute approximate surface area is 107 Å². The van der Waals surface area contributed by atoms with Crippen LogP contribution in [0.3, 0.4) is 0 Å². The van der Waals surface area contributed by atoms with E-state index in [1.807, 2.05) is 0 Å². The van der Waals surface area contributed by atoms with Crippen LogP contribution in [0, 0.1) is 17.5 Å².